The molecule has 16 heavy (non-hydrogen) atoms. The van der Waals surface area contributed by atoms with Crippen molar-refractivity contribution in [3.63, 3.8) is 0 Å². The highest BCUT2D eigenvalue weighted by Crippen LogP contribution is 2.33. The first-order chi connectivity index (χ1) is 7.49. The van der Waals surface area contributed by atoms with E-state index < -0.39 is 0 Å². The summed E-state index contributed by atoms with van der Waals surface area (Å²) < 4.78 is 0. The van der Waals surface area contributed by atoms with Crippen LogP contribution in [-0.4, -0.2) is 13.1 Å². The molecule has 0 unspecified atom stereocenters. The molecule has 1 fully saturated rings. The predicted octanol–water partition coefficient (Wildman–Crippen LogP) is 2.98. The summed E-state index contributed by atoms with van der Waals surface area (Å²) in [6, 6.07) is 4.31. The smallest absolute Gasteiger partial charge is 0.0416 e. The Balaban J connectivity index is 2.15. The van der Waals surface area contributed by atoms with Gasteiger partial charge >= 0.3 is 0 Å². The molecular formula is C14H22N2. The molecule has 2 rings (SSSR count). The number of nitrogens with zero attached hydrogens (tertiary/aromatic N) is 1. The van der Waals surface area contributed by atoms with Crippen LogP contribution in [0.1, 0.15) is 25.0 Å². The van der Waals surface area contributed by atoms with Crippen molar-refractivity contribution in [1.82, 2.24) is 0 Å². The second-order valence-electron chi connectivity index (χ2n) is 5.40. The van der Waals surface area contributed by atoms with Gasteiger partial charge in [0.2, 0.25) is 0 Å². The largest absolute Gasteiger partial charge is 0.398 e. The zero-order chi connectivity index (χ0) is 11.9. The molecule has 2 nitrogen and oxygen atoms in total. The van der Waals surface area contributed by atoms with Gasteiger partial charge in [-0.3, -0.25) is 0 Å². The lowest BCUT2D eigenvalue weighted by Gasteiger charge is -2.44. The Kier molecular flexibility index (Phi) is 2.83. The highest BCUT2D eigenvalue weighted by Gasteiger charge is 2.29. The maximum atomic E-state index is 5.97. The third kappa shape index (κ3) is 1.89. The van der Waals surface area contributed by atoms with Crippen LogP contribution in [0.15, 0.2) is 12.1 Å². The second kappa shape index (κ2) is 4.00. The van der Waals surface area contributed by atoms with Crippen LogP contribution in [0.3, 0.4) is 0 Å². The summed E-state index contributed by atoms with van der Waals surface area (Å²) in [5, 5.41) is 0. The number of aryl methyl sites for hydroxylation is 2. The van der Waals surface area contributed by atoms with E-state index in [-0.39, 0.29) is 0 Å². The maximum Gasteiger partial charge on any atom is 0.0416 e. The van der Waals surface area contributed by atoms with Gasteiger partial charge in [0.15, 0.2) is 0 Å². The molecule has 2 heteroatoms. The Morgan fingerprint density at radius 2 is 1.81 bits per heavy atom. The first-order valence-corrected chi connectivity index (χ1v) is 6.10. The summed E-state index contributed by atoms with van der Waals surface area (Å²) in [6.45, 7) is 11.2. The van der Waals surface area contributed by atoms with E-state index in [0.29, 0.717) is 0 Å². The molecule has 0 amide bonds. The molecule has 0 saturated carbocycles. The SMILES string of the molecule is Cc1cc(C)c(N2CC(C(C)C)C2)cc1N. The van der Waals surface area contributed by atoms with Crippen LogP contribution in [0.2, 0.25) is 0 Å². The van der Waals surface area contributed by atoms with Crippen LogP contribution in [0.25, 0.3) is 0 Å². The molecule has 1 aliphatic rings. The van der Waals surface area contributed by atoms with E-state index in [4.69, 9.17) is 5.73 Å². The zero-order valence-corrected chi connectivity index (χ0v) is 10.7. The fourth-order valence-electron chi connectivity index (χ4n) is 2.33. The van der Waals surface area contributed by atoms with Gasteiger partial charge < -0.3 is 10.6 Å². The second-order valence-corrected chi connectivity index (χ2v) is 5.40. The summed E-state index contributed by atoms with van der Waals surface area (Å²) in [7, 11) is 0. The van der Waals surface area contributed by atoms with Crippen molar-refractivity contribution in [2.45, 2.75) is 27.7 Å². The fraction of sp³-hybridized carbons (Fsp3) is 0.571. The van der Waals surface area contributed by atoms with Gasteiger partial charge in [0.1, 0.15) is 0 Å². The van der Waals surface area contributed by atoms with Gasteiger partial charge in [-0.15, -0.1) is 0 Å². The summed E-state index contributed by atoms with van der Waals surface area (Å²) >= 11 is 0. The molecule has 0 aliphatic carbocycles. The highest BCUT2D eigenvalue weighted by atomic mass is 15.2. The van der Waals surface area contributed by atoms with Crippen molar-refractivity contribution in [2.75, 3.05) is 23.7 Å². The number of rotatable bonds is 2. The number of hydrogen-bond acceptors (Lipinski definition) is 2. The Hall–Kier alpha value is -1.18. The quantitative estimate of drug-likeness (QED) is 0.773. The molecule has 0 atom stereocenters. The average molecular weight is 218 g/mol. The minimum atomic E-state index is 0.791. The van der Waals surface area contributed by atoms with Crippen molar-refractivity contribution < 1.29 is 0 Å². The Bertz CT molecular complexity index is 390. The van der Waals surface area contributed by atoms with Crippen molar-refractivity contribution in [1.29, 1.82) is 0 Å². The lowest BCUT2D eigenvalue weighted by Crippen LogP contribution is -2.49. The van der Waals surface area contributed by atoms with E-state index in [2.05, 4.69) is 44.7 Å². The van der Waals surface area contributed by atoms with E-state index in [1.165, 1.54) is 29.9 Å². The van der Waals surface area contributed by atoms with Crippen LogP contribution in [0.5, 0.6) is 0 Å². The molecule has 1 heterocycles. The van der Waals surface area contributed by atoms with Crippen LogP contribution in [-0.2, 0) is 0 Å². The third-order valence-electron chi connectivity index (χ3n) is 3.78. The Morgan fingerprint density at radius 1 is 1.19 bits per heavy atom. The van der Waals surface area contributed by atoms with Crippen LogP contribution >= 0.6 is 0 Å². The molecule has 2 N–H and O–H groups in total. The van der Waals surface area contributed by atoms with Crippen LogP contribution < -0.4 is 10.6 Å². The predicted molar refractivity (Wildman–Crippen MR) is 70.9 cm³/mol. The monoisotopic (exact) mass is 218 g/mol. The van der Waals surface area contributed by atoms with Gasteiger partial charge in [0.05, 0.1) is 0 Å². The van der Waals surface area contributed by atoms with E-state index >= 15 is 0 Å². The zero-order valence-electron chi connectivity index (χ0n) is 10.7. The first kappa shape index (κ1) is 11.3. The number of anilines is 2. The van der Waals surface area contributed by atoms with E-state index in [1.54, 1.807) is 0 Å². The standard InChI is InChI=1S/C14H22N2/c1-9(2)12-7-16(8-12)14-6-13(15)10(3)5-11(14)4/h5-6,9,12H,7-8,15H2,1-4H3. The molecule has 1 aromatic carbocycles. The molecule has 1 aliphatic heterocycles. The van der Waals surface area contributed by atoms with Crippen molar-refractivity contribution in [2.24, 2.45) is 11.8 Å². The van der Waals surface area contributed by atoms with Crippen molar-refractivity contribution in [3.05, 3.63) is 23.3 Å². The lowest BCUT2D eigenvalue weighted by molar-refractivity contribution is 0.309. The highest BCUT2D eigenvalue weighted by molar-refractivity contribution is 5.65. The average Bonchev–Trinajstić information content (AvgIpc) is 2.10. The summed E-state index contributed by atoms with van der Waals surface area (Å²) in [6.07, 6.45) is 0. The molecule has 0 aromatic heterocycles. The molecule has 88 valence electrons. The molecule has 0 radical (unpaired) electrons. The van der Waals surface area contributed by atoms with E-state index in [9.17, 15) is 0 Å². The van der Waals surface area contributed by atoms with E-state index in [0.717, 1.165) is 17.5 Å². The van der Waals surface area contributed by atoms with Crippen LogP contribution in [0.4, 0.5) is 11.4 Å². The van der Waals surface area contributed by atoms with Gasteiger partial charge in [-0.1, -0.05) is 19.9 Å². The van der Waals surface area contributed by atoms with Gasteiger partial charge in [0, 0.05) is 24.5 Å². The molecule has 0 spiro atoms. The number of benzene rings is 1. The minimum absolute atomic E-state index is 0.791. The third-order valence-corrected chi connectivity index (χ3v) is 3.78. The maximum absolute atomic E-state index is 5.97. The topological polar surface area (TPSA) is 29.3 Å². The Morgan fingerprint density at radius 3 is 2.38 bits per heavy atom. The van der Waals surface area contributed by atoms with Crippen molar-refractivity contribution >= 4 is 11.4 Å². The van der Waals surface area contributed by atoms with Gasteiger partial charge in [-0.2, -0.15) is 0 Å². The number of nitrogens with two attached hydrogens (primary N) is 1. The number of hydrogen-bond donors (Lipinski definition) is 1. The van der Waals surface area contributed by atoms with Gasteiger partial charge in [-0.05, 0) is 42.9 Å². The van der Waals surface area contributed by atoms with Crippen molar-refractivity contribution in [3.8, 4) is 0 Å². The summed E-state index contributed by atoms with van der Waals surface area (Å²) in [5.41, 5.74) is 10.7. The lowest BCUT2D eigenvalue weighted by atomic mass is 9.87. The summed E-state index contributed by atoms with van der Waals surface area (Å²) in [4.78, 5) is 2.44. The number of nitrogen functional groups attached to an aromatic ring is 1. The van der Waals surface area contributed by atoms with Crippen LogP contribution in [0, 0.1) is 25.7 Å². The molecular weight excluding hydrogens is 196 g/mol. The van der Waals surface area contributed by atoms with Gasteiger partial charge in [-0.25, -0.2) is 0 Å². The molecule has 1 aromatic rings. The fourth-order valence-corrected chi connectivity index (χ4v) is 2.33. The van der Waals surface area contributed by atoms with Gasteiger partial charge in [0.25, 0.3) is 0 Å². The first-order valence-electron chi connectivity index (χ1n) is 6.10. The Labute approximate surface area is 98.4 Å². The summed E-state index contributed by atoms with van der Waals surface area (Å²) in [5.74, 6) is 1.64. The molecule has 1 saturated heterocycles. The molecule has 0 bridgehead atoms. The van der Waals surface area contributed by atoms with E-state index in [1.807, 2.05) is 0 Å². The minimum Gasteiger partial charge on any atom is -0.398 e. The normalized spacial score (nSPS) is 16.7.